The number of quaternary nitrogens is 1. The lowest BCUT2D eigenvalue weighted by atomic mass is 10.0. The summed E-state index contributed by atoms with van der Waals surface area (Å²) >= 11 is 0. The van der Waals surface area contributed by atoms with Crippen molar-refractivity contribution in [2.24, 2.45) is 5.92 Å². The average molecular weight is 279 g/mol. The van der Waals surface area contributed by atoms with Crippen LogP contribution in [0, 0.1) is 5.92 Å². The van der Waals surface area contributed by atoms with Crippen LogP contribution in [0.4, 0.5) is 0 Å². The summed E-state index contributed by atoms with van der Waals surface area (Å²) in [5.74, 6) is 0.634. The normalized spacial score (nSPS) is 19.3. The van der Waals surface area contributed by atoms with Crippen LogP contribution in [-0.2, 0) is 0 Å². The topological polar surface area (TPSA) is 0 Å². The number of hydrogen-bond acceptors (Lipinski definition) is 0. The van der Waals surface area contributed by atoms with Crippen molar-refractivity contribution >= 4 is 0 Å². The van der Waals surface area contributed by atoms with Crippen LogP contribution in [0.15, 0.2) is 24.3 Å². The van der Waals surface area contributed by atoms with Crippen molar-refractivity contribution in [2.75, 3.05) is 21.1 Å². The van der Waals surface area contributed by atoms with E-state index in [1.165, 1.54) is 0 Å². The highest BCUT2D eigenvalue weighted by atomic mass is 127. The maximum Gasteiger partial charge on any atom is 0.0954 e. The lowest BCUT2D eigenvalue weighted by molar-refractivity contribution is -0.896. The third-order valence-corrected chi connectivity index (χ3v) is 2.56. The third-order valence-electron chi connectivity index (χ3n) is 2.56. The van der Waals surface area contributed by atoms with Crippen LogP contribution in [0.2, 0.25) is 0 Å². The molecule has 12 heavy (non-hydrogen) atoms. The van der Waals surface area contributed by atoms with Crippen LogP contribution in [-0.4, -0.2) is 31.7 Å². The van der Waals surface area contributed by atoms with Crippen LogP contribution in [0.25, 0.3) is 0 Å². The molecule has 0 fully saturated rings. The molecule has 1 aliphatic carbocycles. The van der Waals surface area contributed by atoms with Gasteiger partial charge >= 0.3 is 0 Å². The standard InChI is InChI=1S/C10H18N.HI/c1-9(11(2,3)4)10-7-5-6-8-10;/h5-10H,1-4H3;1H/q+1;/p-1/t9-;/m1./s1. The average Bonchev–Trinajstić information content (AvgIpc) is 2.34. The van der Waals surface area contributed by atoms with E-state index < -0.39 is 0 Å². The molecule has 0 aromatic rings. The summed E-state index contributed by atoms with van der Waals surface area (Å²) in [6, 6.07) is 0.671. The summed E-state index contributed by atoms with van der Waals surface area (Å²) in [5.41, 5.74) is 0. The second-order valence-electron chi connectivity index (χ2n) is 4.20. The molecule has 0 amide bonds. The maximum absolute atomic E-state index is 2.30. The van der Waals surface area contributed by atoms with Gasteiger partial charge in [0.05, 0.1) is 27.2 Å². The number of allylic oxidation sites excluding steroid dienone is 2. The highest BCUT2D eigenvalue weighted by molar-refractivity contribution is 5.18. The Balaban J connectivity index is 0.00000121. The van der Waals surface area contributed by atoms with Gasteiger partial charge in [0.1, 0.15) is 0 Å². The smallest absolute Gasteiger partial charge is 0.0954 e. The molecule has 1 rings (SSSR count). The number of halogens is 1. The molecule has 0 bridgehead atoms. The molecule has 0 aromatic carbocycles. The SMILES string of the molecule is C[C@H](C1C=CC=C1)[N+](C)(C)C.[I-]. The Bertz CT molecular complexity index is 177. The van der Waals surface area contributed by atoms with Crippen molar-refractivity contribution in [1.82, 2.24) is 0 Å². The first kappa shape index (κ1) is 12.2. The van der Waals surface area contributed by atoms with Crippen molar-refractivity contribution in [3.05, 3.63) is 24.3 Å². The molecule has 0 saturated heterocycles. The molecule has 0 aliphatic heterocycles. The first-order chi connectivity index (χ1) is 5.02. The van der Waals surface area contributed by atoms with E-state index >= 15 is 0 Å². The lowest BCUT2D eigenvalue weighted by Crippen LogP contribution is -3.00. The second-order valence-corrected chi connectivity index (χ2v) is 4.20. The predicted molar refractivity (Wildman–Crippen MR) is 49.3 cm³/mol. The van der Waals surface area contributed by atoms with Crippen LogP contribution in [0.5, 0.6) is 0 Å². The minimum Gasteiger partial charge on any atom is -1.00 e. The second kappa shape index (κ2) is 4.42. The fourth-order valence-corrected chi connectivity index (χ4v) is 1.29. The van der Waals surface area contributed by atoms with Gasteiger partial charge in [-0.25, -0.2) is 0 Å². The Labute approximate surface area is 92.8 Å². The number of rotatable bonds is 2. The van der Waals surface area contributed by atoms with E-state index in [1.807, 2.05) is 0 Å². The van der Waals surface area contributed by atoms with Gasteiger partial charge in [-0.05, 0) is 6.92 Å². The van der Waals surface area contributed by atoms with Gasteiger partial charge in [-0.15, -0.1) is 0 Å². The summed E-state index contributed by atoms with van der Waals surface area (Å²) in [7, 11) is 6.72. The maximum atomic E-state index is 2.30. The summed E-state index contributed by atoms with van der Waals surface area (Å²) in [6.45, 7) is 2.30. The van der Waals surface area contributed by atoms with Crippen LogP contribution in [0.3, 0.4) is 0 Å². The van der Waals surface area contributed by atoms with Gasteiger partial charge in [-0.2, -0.15) is 0 Å². The lowest BCUT2D eigenvalue weighted by Gasteiger charge is -2.34. The van der Waals surface area contributed by atoms with Crippen molar-refractivity contribution in [1.29, 1.82) is 0 Å². The molecule has 0 saturated carbocycles. The van der Waals surface area contributed by atoms with Gasteiger partial charge in [-0.3, -0.25) is 0 Å². The molecule has 0 N–H and O–H groups in total. The summed E-state index contributed by atoms with van der Waals surface area (Å²) in [5, 5.41) is 0. The fourth-order valence-electron chi connectivity index (χ4n) is 1.29. The molecule has 70 valence electrons. The zero-order chi connectivity index (χ0) is 8.48. The Morgan fingerprint density at radius 1 is 1.08 bits per heavy atom. The highest BCUT2D eigenvalue weighted by Gasteiger charge is 2.25. The summed E-state index contributed by atoms with van der Waals surface area (Å²) in [4.78, 5) is 0. The largest absolute Gasteiger partial charge is 1.00 e. The Kier molecular flexibility index (Phi) is 4.48. The molecule has 0 radical (unpaired) electrons. The predicted octanol–water partition coefficient (Wildman–Crippen LogP) is -1.17. The van der Waals surface area contributed by atoms with Gasteiger partial charge in [0.25, 0.3) is 0 Å². The van der Waals surface area contributed by atoms with E-state index in [0.29, 0.717) is 12.0 Å². The Morgan fingerprint density at radius 2 is 1.50 bits per heavy atom. The van der Waals surface area contributed by atoms with Crippen molar-refractivity contribution in [3.63, 3.8) is 0 Å². The third kappa shape index (κ3) is 2.90. The van der Waals surface area contributed by atoms with E-state index in [0.717, 1.165) is 4.48 Å². The molecule has 2 heteroatoms. The number of hydrogen-bond donors (Lipinski definition) is 0. The van der Waals surface area contributed by atoms with Crippen molar-refractivity contribution < 1.29 is 28.5 Å². The van der Waals surface area contributed by atoms with Crippen LogP contribution in [0.1, 0.15) is 6.92 Å². The fraction of sp³-hybridized carbons (Fsp3) is 0.600. The molecule has 0 spiro atoms. The highest BCUT2D eigenvalue weighted by Crippen LogP contribution is 2.19. The summed E-state index contributed by atoms with van der Waals surface area (Å²) < 4.78 is 1.03. The van der Waals surface area contributed by atoms with E-state index in [1.54, 1.807) is 0 Å². The van der Waals surface area contributed by atoms with E-state index in [4.69, 9.17) is 0 Å². The van der Waals surface area contributed by atoms with Gasteiger partial charge in [-0.1, -0.05) is 24.3 Å². The van der Waals surface area contributed by atoms with Gasteiger partial charge < -0.3 is 28.5 Å². The van der Waals surface area contributed by atoms with E-state index in [9.17, 15) is 0 Å². The molecule has 1 atom stereocenters. The van der Waals surface area contributed by atoms with Crippen LogP contribution < -0.4 is 24.0 Å². The van der Waals surface area contributed by atoms with Crippen LogP contribution >= 0.6 is 0 Å². The monoisotopic (exact) mass is 279 g/mol. The molecule has 0 aromatic heterocycles. The summed E-state index contributed by atoms with van der Waals surface area (Å²) in [6.07, 6.45) is 8.82. The van der Waals surface area contributed by atoms with Gasteiger partial charge in [0, 0.05) is 5.92 Å². The molecule has 0 unspecified atom stereocenters. The van der Waals surface area contributed by atoms with Crippen molar-refractivity contribution in [2.45, 2.75) is 13.0 Å². The van der Waals surface area contributed by atoms with E-state index in [-0.39, 0.29) is 24.0 Å². The molecular formula is C10H18IN. The van der Waals surface area contributed by atoms with E-state index in [2.05, 4.69) is 52.4 Å². The van der Waals surface area contributed by atoms with Gasteiger partial charge in [0.2, 0.25) is 0 Å². The number of nitrogens with zero attached hydrogens (tertiary/aromatic N) is 1. The zero-order valence-electron chi connectivity index (χ0n) is 8.29. The quantitative estimate of drug-likeness (QED) is 0.441. The Morgan fingerprint density at radius 3 is 1.83 bits per heavy atom. The zero-order valence-corrected chi connectivity index (χ0v) is 10.4. The first-order valence-electron chi connectivity index (χ1n) is 4.18. The van der Waals surface area contributed by atoms with Crippen molar-refractivity contribution in [3.8, 4) is 0 Å². The molecule has 1 nitrogen and oxygen atoms in total. The molecule has 1 aliphatic rings. The first-order valence-corrected chi connectivity index (χ1v) is 4.18. The Hall–Kier alpha value is 0.170. The minimum absolute atomic E-state index is 0. The van der Waals surface area contributed by atoms with Gasteiger partial charge in [0.15, 0.2) is 0 Å². The molecule has 0 heterocycles. The molecular weight excluding hydrogens is 261 g/mol. The minimum atomic E-state index is 0.